The van der Waals surface area contributed by atoms with Gasteiger partial charge < -0.3 is 19.8 Å². The maximum Gasteiger partial charge on any atom is 0.343 e. The van der Waals surface area contributed by atoms with Crippen LogP contribution in [0.3, 0.4) is 0 Å². The number of anilines is 1. The number of carbonyl (C=O) groups is 1. The standard InChI is InChI=1S/C17H16F2N2O4/c1-2-24-16(23)8-7-21-13-9(14(8)22)12(20)10(18)11(19)15(13)25-6-5-17(21)3-4-17/h7H,2-6,20H2,1H3. The van der Waals surface area contributed by atoms with Crippen molar-refractivity contribution >= 4 is 22.6 Å². The fraction of sp³-hybridized carbons (Fsp3) is 0.412. The molecular formula is C17H16F2N2O4. The molecule has 1 saturated carbocycles. The molecule has 2 N–H and O–H groups in total. The van der Waals surface area contributed by atoms with E-state index in [1.807, 2.05) is 0 Å². The Hall–Kier alpha value is -2.64. The molecule has 2 aromatic rings. The van der Waals surface area contributed by atoms with E-state index in [2.05, 4.69) is 0 Å². The lowest BCUT2D eigenvalue weighted by molar-refractivity contribution is 0.0524. The maximum atomic E-state index is 14.4. The monoisotopic (exact) mass is 350 g/mol. The molecule has 1 aliphatic heterocycles. The number of rotatable bonds is 2. The number of hydrogen-bond donors (Lipinski definition) is 1. The average Bonchev–Trinajstić information content (AvgIpc) is 3.38. The number of hydrogen-bond acceptors (Lipinski definition) is 5. The van der Waals surface area contributed by atoms with E-state index >= 15 is 0 Å². The summed E-state index contributed by atoms with van der Waals surface area (Å²) >= 11 is 0. The summed E-state index contributed by atoms with van der Waals surface area (Å²) in [6, 6.07) is 0. The van der Waals surface area contributed by atoms with E-state index in [9.17, 15) is 18.4 Å². The number of fused-ring (bicyclic) bond motifs is 1. The highest BCUT2D eigenvalue weighted by Gasteiger charge is 2.47. The van der Waals surface area contributed by atoms with Crippen molar-refractivity contribution in [3.63, 3.8) is 0 Å². The van der Waals surface area contributed by atoms with Gasteiger partial charge in [0.1, 0.15) is 11.1 Å². The molecule has 6 nitrogen and oxygen atoms in total. The van der Waals surface area contributed by atoms with E-state index in [1.165, 1.54) is 6.20 Å². The Kier molecular flexibility index (Phi) is 3.28. The smallest absolute Gasteiger partial charge is 0.343 e. The van der Waals surface area contributed by atoms with Crippen LogP contribution in [0.2, 0.25) is 0 Å². The highest BCUT2D eigenvalue weighted by atomic mass is 19.2. The second-order valence-corrected chi connectivity index (χ2v) is 6.38. The van der Waals surface area contributed by atoms with E-state index in [0.29, 0.717) is 6.42 Å². The van der Waals surface area contributed by atoms with Gasteiger partial charge in [-0.2, -0.15) is 4.39 Å². The molecule has 8 heteroatoms. The first-order chi connectivity index (χ1) is 11.9. The lowest BCUT2D eigenvalue weighted by Gasteiger charge is -2.21. The first-order valence-corrected chi connectivity index (χ1v) is 8.07. The van der Waals surface area contributed by atoms with E-state index < -0.39 is 28.7 Å². The summed E-state index contributed by atoms with van der Waals surface area (Å²) in [6.45, 7) is 1.88. The molecule has 1 aromatic heterocycles. The van der Waals surface area contributed by atoms with Gasteiger partial charge in [-0.05, 0) is 19.8 Å². The number of esters is 1. The Morgan fingerprint density at radius 3 is 2.72 bits per heavy atom. The molecule has 0 bridgehead atoms. The number of nitrogens with zero attached hydrogens (tertiary/aromatic N) is 1. The Morgan fingerprint density at radius 2 is 2.08 bits per heavy atom. The summed E-state index contributed by atoms with van der Waals surface area (Å²) in [4.78, 5) is 25.0. The minimum atomic E-state index is -1.35. The fourth-order valence-electron chi connectivity index (χ4n) is 3.48. The summed E-state index contributed by atoms with van der Waals surface area (Å²) in [7, 11) is 0. The Bertz CT molecular complexity index is 979. The number of aromatic nitrogens is 1. The van der Waals surface area contributed by atoms with E-state index in [4.69, 9.17) is 15.2 Å². The highest BCUT2D eigenvalue weighted by Crippen LogP contribution is 2.51. The lowest BCUT2D eigenvalue weighted by Crippen LogP contribution is -2.26. The van der Waals surface area contributed by atoms with Crippen molar-refractivity contribution in [3.05, 3.63) is 33.6 Å². The first kappa shape index (κ1) is 15.9. The first-order valence-electron chi connectivity index (χ1n) is 8.07. The number of carbonyl (C=O) groups excluding carboxylic acids is 1. The molecule has 0 atom stereocenters. The molecule has 4 rings (SSSR count). The molecule has 0 amide bonds. The van der Waals surface area contributed by atoms with Gasteiger partial charge in [0.05, 0.1) is 24.3 Å². The van der Waals surface area contributed by atoms with Gasteiger partial charge >= 0.3 is 5.97 Å². The van der Waals surface area contributed by atoms with Gasteiger partial charge in [0.15, 0.2) is 11.6 Å². The molecule has 0 saturated heterocycles. The molecule has 0 radical (unpaired) electrons. The molecule has 1 aliphatic carbocycles. The van der Waals surface area contributed by atoms with Gasteiger partial charge in [0, 0.05) is 18.2 Å². The summed E-state index contributed by atoms with van der Waals surface area (Å²) < 4.78 is 40.6. The van der Waals surface area contributed by atoms with Crippen molar-refractivity contribution < 1.29 is 23.0 Å². The van der Waals surface area contributed by atoms with Gasteiger partial charge in [-0.3, -0.25) is 4.79 Å². The SMILES string of the molecule is CCOC(=O)c1cn2c3c(c(F)c(F)c(N)c3c1=O)OCCC21CC1. The van der Waals surface area contributed by atoms with Crippen molar-refractivity contribution in [1.82, 2.24) is 4.57 Å². The van der Waals surface area contributed by atoms with Crippen LogP contribution in [-0.4, -0.2) is 23.8 Å². The number of ether oxygens (including phenoxy) is 2. The van der Waals surface area contributed by atoms with Gasteiger partial charge in [-0.15, -0.1) is 0 Å². The second-order valence-electron chi connectivity index (χ2n) is 6.38. The lowest BCUT2D eigenvalue weighted by atomic mass is 10.1. The van der Waals surface area contributed by atoms with Crippen LogP contribution in [0.4, 0.5) is 14.5 Å². The predicted molar refractivity (Wildman–Crippen MR) is 85.8 cm³/mol. The zero-order valence-electron chi connectivity index (χ0n) is 13.5. The summed E-state index contributed by atoms with van der Waals surface area (Å²) in [5.41, 5.74) is 3.77. The second kappa shape index (κ2) is 5.18. The van der Waals surface area contributed by atoms with Crippen LogP contribution in [0.1, 0.15) is 36.5 Å². The number of pyridine rings is 1. The molecule has 2 heterocycles. The van der Waals surface area contributed by atoms with Gasteiger partial charge in [-0.1, -0.05) is 0 Å². The van der Waals surface area contributed by atoms with Crippen LogP contribution in [0.15, 0.2) is 11.0 Å². The third-order valence-electron chi connectivity index (χ3n) is 4.97. The molecular weight excluding hydrogens is 334 g/mol. The topological polar surface area (TPSA) is 83.5 Å². The van der Waals surface area contributed by atoms with Crippen LogP contribution < -0.4 is 15.9 Å². The fourth-order valence-corrected chi connectivity index (χ4v) is 3.48. The Morgan fingerprint density at radius 1 is 1.36 bits per heavy atom. The van der Waals surface area contributed by atoms with Crippen LogP contribution in [0.5, 0.6) is 5.75 Å². The van der Waals surface area contributed by atoms with E-state index in [0.717, 1.165) is 12.8 Å². The zero-order chi connectivity index (χ0) is 17.9. The third kappa shape index (κ3) is 2.06. The molecule has 2 aliphatic rings. The molecule has 132 valence electrons. The van der Waals surface area contributed by atoms with E-state index in [1.54, 1.807) is 11.5 Å². The van der Waals surface area contributed by atoms with Crippen LogP contribution in [0.25, 0.3) is 10.9 Å². The quantitative estimate of drug-likeness (QED) is 0.664. The normalized spacial score (nSPS) is 17.2. The minimum Gasteiger partial charge on any atom is -0.488 e. The molecule has 1 fully saturated rings. The maximum absolute atomic E-state index is 14.4. The van der Waals surface area contributed by atoms with Gasteiger partial charge in [-0.25, -0.2) is 9.18 Å². The summed E-state index contributed by atoms with van der Waals surface area (Å²) in [5, 5.41) is -0.243. The Labute approximate surface area is 141 Å². The number of nitrogens with two attached hydrogens (primary N) is 1. The van der Waals surface area contributed by atoms with E-state index in [-0.39, 0.29) is 41.0 Å². The van der Waals surface area contributed by atoms with Crippen LogP contribution in [0, 0.1) is 11.6 Å². The van der Waals surface area contributed by atoms with Crippen molar-refractivity contribution in [3.8, 4) is 5.75 Å². The summed E-state index contributed by atoms with van der Waals surface area (Å²) in [6.07, 6.45) is 3.50. The number of halogens is 2. The average molecular weight is 350 g/mol. The van der Waals surface area contributed by atoms with Crippen molar-refractivity contribution in [2.75, 3.05) is 18.9 Å². The van der Waals surface area contributed by atoms with Crippen LogP contribution in [-0.2, 0) is 10.3 Å². The minimum absolute atomic E-state index is 0.0864. The number of benzene rings is 1. The molecule has 0 unspecified atom stereocenters. The molecule has 1 spiro atoms. The largest absolute Gasteiger partial charge is 0.488 e. The summed E-state index contributed by atoms with van der Waals surface area (Å²) in [5.74, 6) is -3.72. The van der Waals surface area contributed by atoms with Gasteiger partial charge in [0.25, 0.3) is 0 Å². The molecule has 1 aromatic carbocycles. The third-order valence-corrected chi connectivity index (χ3v) is 4.97. The zero-order valence-corrected chi connectivity index (χ0v) is 13.5. The highest BCUT2D eigenvalue weighted by molar-refractivity contribution is 6.00. The predicted octanol–water partition coefficient (Wildman–Crippen LogP) is 2.31. The van der Waals surface area contributed by atoms with Crippen molar-refractivity contribution in [2.45, 2.75) is 31.7 Å². The Balaban J connectivity index is 2.18. The van der Waals surface area contributed by atoms with Crippen molar-refractivity contribution in [2.24, 2.45) is 0 Å². The number of nitrogen functional groups attached to an aromatic ring is 1. The van der Waals surface area contributed by atoms with Crippen LogP contribution >= 0.6 is 0 Å². The van der Waals surface area contributed by atoms with Gasteiger partial charge in [0.2, 0.25) is 11.2 Å². The van der Waals surface area contributed by atoms with Crippen molar-refractivity contribution in [1.29, 1.82) is 0 Å². The molecule has 25 heavy (non-hydrogen) atoms.